The van der Waals surface area contributed by atoms with Crippen molar-refractivity contribution in [2.24, 2.45) is 7.05 Å². The SMILES string of the molecule is CN(C)c1ncc(CNC(=O)Nc2ccc([N+](=O)[O-])cc2)n1C. The third-order valence-electron chi connectivity index (χ3n) is 3.23. The van der Waals surface area contributed by atoms with Gasteiger partial charge in [0.25, 0.3) is 5.69 Å². The summed E-state index contributed by atoms with van der Waals surface area (Å²) in [5, 5.41) is 15.9. The second-order valence-corrected chi connectivity index (χ2v) is 5.11. The normalized spacial score (nSPS) is 10.2. The van der Waals surface area contributed by atoms with Crippen LogP contribution in [0.15, 0.2) is 30.5 Å². The van der Waals surface area contributed by atoms with Crippen molar-refractivity contribution >= 4 is 23.4 Å². The van der Waals surface area contributed by atoms with Crippen LogP contribution in [-0.4, -0.2) is 34.6 Å². The molecule has 0 radical (unpaired) electrons. The number of non-ortho nitro benzene ring substituents is 1. The van der Waals surface area contributed by atoms with Crippen molar-refractivity contribution in [3.8, 4) is 0 Å². The van der Waals surface area contributed by atoms with Crippen LogP contribution in [0.2, 0.25) is 0 Å². The number of anilines is 2. The molecule has 2 N–H and O–H groups in total. The Morgan fingerprint density at radius 3 is 2.52 bits per heavy atom. The summed E-state index contributed by atoms with van der Waals surface area (Å²) >= 11 is 0. The molecule has 0 aliphatic heterocycles. The molecule has 0 saturated heterocycles. The molecule has 0 aliphatic rings. The van der Waals surface area contributed by atoms with Gasteiger partial charge in [0.05, 0.1) is 23.4 Å². The van der Waals surface area contributed by atoms with Crippen LogP contribution in [0, 0.1) is 10.1 Å². The lowest BCUT2D eigenvalue weighted by Gasteiger charge is -2.13. The van der Waals surface area contributed by atoms with Crippen LogP contribution in [0.25, 0.3) is 0 Å². The largest absolute Gasteiger partial charge is 0.348 e. The fraction of sp³-hybridized carbons (Fsp3) is 0.286. The van der Waals surface area contributed by atoms with Gasteiger partial charge in [-0.15, -0.1) is 0 Å². The molecule has 0 fully saturated rings. The van der Waals surface area contributed by atoms with Gasteiger partial charge in [0.15, 0.2) is 0 Å². The van der Waals surface area contributed by atoms with E-state index in [4.69, 9.17) is 0 Å². The topological polar surface area (TPSA) is 105 Å². The number of hydrogen-bond donors (Lipinski definition) is 2. The van der Waals surface area contributed by atoms with Crippen LogP contribution in [0.4, 0.5) is 22.1 Å². The van der Waals surface area contributed by atoms with Crippen molar-refractivity contribution in [3.63, 3.8) is 0 Å². The molecule has 0 bridgehead atoms. The number of carbonyl (C=O) groups is 1. The van der Waals surface area contributed by atoms with Crippen molar-refractivity contribution in [1.82, 2.24) is 14.9 Å². The lowest BCUT2D eigenvalue weighted by Crippen LogP contribution is -2.29. The van der Waals surface area contributed by atoms with Gasteiger partial charge in [0.1, 0.15) is 0 Å². The summed E-state index contributed by atoms with van der Waals surface area (Å²) in [7, 11) is 5.65. The Bertz CT molecular complexity index is 708. The standard InChI is InChI=1S/C14H18N6O3/c1-18(2)14-16-9-12(19(14)3)8-15-13(21)17-10-4-6-11(7-5-10)20(22)23/h4-7,9H,8H2,1-3H3,(H2,15,17,21). The molecule has 23 heavy (non-hydrogen) atoms. The number of aromatic nitrogens is 2. The molecule has 9 heteroatoms. The molecule has 9 nitrogen and oxygen atoms in total. The van der Waals surface area contributed by atoms with Gasteiger partial charge >= 0.3 is 6.03 Å². The number of nitro benzene ring substituents is 1. The second-order valence-electron chi connectivity index (χ2n) is 5.11. The first-order chi connectivity index (χ1) is 10.9. The number of rotatable bonds is 5. The quantitative estimate of drug-likeness (QED) is 0.645. The number of imidazole rings is 1. The number of urea groups is 1. The molecule has 0 spiro atoms. The van der Waals surface area contributed by atoms with E-state index >= 15 is 0 Å². The lowest BCUT2D eigenvalue weighted by atomic mass is 10.3. The van der Waals surface area contributed by atoms with Crippen LogP contribution in [-0.2, 0) is 13.6 Å². The molecule has 0 unspecified atom stereocenters. The molecule has 122 valence electrons. The molecule has 2 rings (SSSR count). The molecule has 2 amide bonds. The van der Waals surface area contributed by atoms with Crippen molar-refractivity contribution in [3.05, 3.63) is 46.3 Å². The summed E-state index contributed by atoms with van der Waals surface area (Å²) in [6.07, 6.45) is 1.70. The number of nitrogens with one attached hydrogen (secondary N) is 2. The molecule has 0 saturated carbocycles. The Hall–Kier alpha value is -3.10. The van der Waals surface area contributed by atoms with E-state index in [9.17, 15) is 14.9 Å². The molecule has 0 aliphatic carbocycles. The molecule has 1 aromatic carbocycles. The minimum Gasteiger partial charge on any atom is -0.348 e. The number of nitrogens with zero attached hydrogens (tertiary/aromatic N) is 4. The van der Waals surface area contributed by atoms with Crippen LogP contribution in [0.1, 0.15) is 5.69 Å². The Morgan fingerprint density at radius 2 is 2.00 bits per heavy atom. The predicted molar refractivity (Wildman–Crippen MR) is 86.5 cm³/mol. The summed E-state index contributed by atoms with van der Waals surface area (Å²) in [5.74, 6) is 0.789. The van der Waals surface area contributed by atoms with Crippen molar-refractivity contribution in [2.75, 3.05) is 24.3 Å². The zero-order chi connectivity index (χ0) is 17.0. The van der Waals surface area contributed by atoms with E-state index in [2.05, 4.69) is 15.6 Å². The van der Waals surface area contributed by atoms with E-state index in [0.717, 1.165) is 11.6 Å². The smallest absolute Gasteiger partial charge is 0.319 e. The van der Waals surface area contributed by atoms with Crippen LogP contribution in [0.5, 0.6) is 0 Å². The van der Waals surface area contributed by atoms with Gasteiger partial charge in [0, 0.05) is 39.0 Å². The van der Waals surface area contributed by atoms with Crippen molar-refractivity contribution in [2.45, 2.75) is 6.54 Å². The summed E-state index contributed by atoms with van der Waals surface area (Å²) in [5.41, 5.74) is 1.31. The zero-order valence-corrected chi connectivity index (χ0v) is 13.1. The first-order valence-electron chi connectivity index (χ1n) is 6.85. The van der Waals surface area contributed by atoms with Gasteiger partial charge in [-0.05, 0) is 12.1 Å². The van der Waals surface area contributed by atoms with Gasteiger partial charge < -0.3 is 20.1 Å². The maximum atomic E-state index is 11.9. The second kappa shape index (κ2) is 6.77. The monoisotopic (exact) mass is 318 g/mol. The molecule has 1 heterocycles. The molecule has 0 atom stereocenters. The first kappa shape index (κ1) is 16.3. The summed E-state index contributed by atoms with van der Waals surface area (Å²) < 4.78 is 1.88. The number of carbonyl (C=O) groups excluding carboxylic acids is 1. The molecular weight excluding hydrogens is 300 g/mol. The van der Waals surface area contributed by atoms with E-state index in [0.29, 0.717) is 12.2 Å². The van der Waals surface area contributed by atoms with Crippen molar-refractivity contribution in [1.29, 1.82) is 0 Å². The van der Waals surface area contributed by atoms with E-state index in [1.165, 1.54) is 24.3 Å². The van der Waals surface area contributed by atoms with Crippen LogP contribution in [0.3, 0.4) is 0 Å². The Balaban J connectivity index is 1.91. The summed E-state index contributed by atoms with van der Waals surface area (Å²) in [6.45, 7) is 0.316. The third-order valence-corrected chi connectivity index (χ3v) is 3.23. The Kier molecular flexibility index (Phi) is 4.79. The van der Waals surface area contributed by atoms with Gasteiger partial charge in [-0.25, -0.2) is 9.78 Å². The van der Waals surface area contributed by atoms with Gasteiger partial charge in [-0.3, -0.25) is 10.1 Å². The fourth-order valence-electron chi connectivity index (χ4n) is 2.03. The number of nitro groups is 1. The van der Waals surface area contributed by atoms with E-state index < -0.39 is 11.0 Å². The first-order valence-corrected chi connectivity index (χ1v) is 6.85. The van der Waals surface area contributed by atoms with E-state index in [1.54, 1.807) is 6.20 Å². The van der Waals surface area contributed by atoms with Crippen molar-refractivity contribution < 1.29 is 9.72 Å². The minimum atomic E-state index is -0.491. The Morgan fingerprint density at radius 1 is 1.35 bits per heavy atom. The maximum Gasteiger partial charge on any atom is 0.319 e. The fourth-order valence-corrected chi connectivity index (χ4v) is 2.03. The van der Waals surface area contributed by atoms with Crippen LogP contribution >= 0.6 is 0 Å². The predicted octanol–water partition coefficient (Wildman–Crippen LogP) is 1.72. The van der Waals surface area contributed by atoms with Crippen LogP contribution < -0.4 is 15.5 Å². The number of hydrogen-bond acceptors (Lipinski definition) is 5. The Labute approximate surface area is 133 Å². The average Bonchev–Trinajstić information content (AvgIpc) is 2.87. The van der Waals surface area contributed by atoms with Gasteiger partial charge in [-0.2, -0.15) is 0 Å². The molecule has 2 aromatic rings. The van der Waals surface area contributed by atoms with E-state index in [-0.39, 0.29) is 5.69 Å². The molecule has 1 aromatic heterocycles. The summed E-state index contributed by atoms with van der Waals surface area (Å²) in [4.78, 5) is 28.1. The summed E-state index contributed by atoms with van der Waals surface area (Å²) in [6, 6.07) is 5.23. The minimum absolute atomic E-state index is 0.0259. The lowest BCUT2D eigenvalue weighted by molar-refractivity contribution is -0.384. The van der Waals surface area contributed by atoms with Gasteiger partial charge in [-0.1, -0.05) is 0 Å². The molecular formula is C14H18N6O3. The zero-order valence-electron chi connectivity index (χ0n) is 13.1. The van der Waals surface area contributed by atoms with Gasteiger partial charge in [0.2, 0.25) is 5.95 Å². The van der Waals surface area contributed by atoms with E-state index in [1.807, 2.05) is 30.6 Å². The average molecular weight is 318 g/mol. The highest BCUT2D eigenvalue weighted by Gasteiger charge is 2.10. The highest BCUT2D eigenvalue weighted by Crippen LogP contribution is 2.15. The highest BCUT2D eigenvalue weighted by atomic mass is 16.6. The maximum absolute atomic E-state index is 11.9. The third kappa shape index (κ3) is 3.96. The highest BCUT2D eigenvalue weighted by molar-refractivity contribution is 5.89. The number of benzene rings is 1. The number of amides is 2.